The van der Waals surface area contributed by atoms with Crippen molar-refractivity contribution < 1.29 is 18.0 Å². The lowest BCUT2D eigenvalue weighted by atomic mass is 9.89. The van der Waals surface area contributed by atoms with E-state index in [4.69, 9.17) is 0 Å². The number of carbonyl (C=O) groups excluding carboxylic acids is 1. The average molecular weight is 374 g/mol. The summed E-state index contributed by atoms with van der Waals surface area (Å²) in [7, 11) is 0. The summed E-state index contributed by atoms with van der Waals surface area (Å²) >= 11 is 3.26. The zero-order valence-corrected chi connectivity index (χ0v) is 13.0. The lowest BCUT2D eigenvalue weighted by Crippen LogP contribution is -2.52. The first-order chi connectivity index (χ1) is 10.3. The van der Waals surface area contributed by atoms with Crippen molar-refractivity contribution in [2.24, 2.45) is 0 Å². The largest absolute Gasteiger partial charge is 0.339 e. The lowest BCUT2D eigenvalue weighted by molar-refractivity contribution is 0.0835. The standard InChI is InChI=1S/C14H11BrF3N3O/c1-14(8-4-7(15)2-3-9(8)16)6-21-11(13(22)19-14)5-10(20-21)12(17)18/h2-5,12H,6H2,1H3,(H,19,22). The predicted molar refractivity (Wildman–Crippen MR) is 76.1 cm³/mol. The summed E-state index contributed by atoms with van der Waals surface area (Å²) in [5.41, 5.74) is -1.24. The number of nitrogens with zero attached hydrogens (tertiary/aromatic N) is 2. The Labute approximate surface area is 132 Å². The smallest absolute Gasteiger partial charge is 0.282 e. The van der Waals surface area contributed by atoms with Crippen LogP contribution in [-0.2, 0) is 12.1 Å². The van der Waals surface area contributed by atoms with Gasteiger partial charge < -0.3 is 5.32 Å². The second kappa shape index (κ2) is 5.12. The molecule has 1 aromatic heterocycles. The fourth-order valence-electron chi connectivity index (χ4n) is 2.57. The highest BCUT2D eigenvalue weighted by molar-refractivity contribution is 9.10. The molecule has 1 atom stereocenters. The number of fused-ring (bicyclic) bond motifs is 1. The van der Waals surface area contributed by atoms with Gasteiger partial charge in [0.15, 0.2) is 0 Å². The molecule has 0 saturated carbocycles. The van der Waals surface area contributed by atoms with Crippen LogP contribution in [0.5, 0.6) is 0 Å². The number of carbonyl (C=O) groups is 1. The van der Waals surface area contributed by atoms with E-state index in [2.05, 4.69) is 26.3 Å². The van der Waals surface area contributed by atoms with Crippen LogP contribution in [0.4, 0.5) is 13.2 Å². The van der Waals surface area contributed by atoms with E-state index in [9.17, 15) is 18.0 Å². The summed E-state index contributed by atoms with van der Waals surface area (Å²) in [5, 5.41) is 6.43. The molecule has 1 amide bonds. The number of nitrogens with one attached hydrogen (secondary N) is 1. The topological polar surface area (TPSA) is 46.9 Å². The van der Waals surface area contributed by atoms with E-state index in [-0.39, 0.29) is 17.8 Å². The molecule has 0 spiro atoms. The number of halogens is 4. The molecule has 0 radical (unpaired) electrons. The Morgan fingerprint density at radius 1 is 1.41 bits per heavy atom. The Kier molecular flexibility index (Phi) is 3.51. The van der Waals surface area contributed by atoms with E-state index in [1.54, 1.807) is 19.1 Å². The Morgan fingerprint density at radius 2 is 2.14 bits per heavy atom. The minimum atomic E-state index is -2.76. The highest BCUT2D eigenvalue weighted by Crippen LogP contribution is 2.32. The molecule has 22 heavy (non-hydrogen) atoms. The zero-order chi connectivity index (χ0) is 16.1. The van der Waals surface area contributed by atoms with Crippen LogP contribution in [0, 0.1) is 5.82 Å². The van der Waals surface area contributed by atoms with E-state index in [1.807, 2.05) is 0 Å². The number of amides is 1. The van der Waals surface area contributed by atoms with Gasteiger partial charge in [-0.25, -0.2) is 13.2 Å². The molecule has 2 aromatic rings. The van der Waals surface area contributed by atoms with E-state index in [0.29, 0.717) is 4.47 Å². The molecule has 0 bridgehead atoms. The molecule has 1 aliphatic rings. The molecule has 1 aliphatic heterocycles. The maximum absolute atomic E-state index is 14.1. The van der Waals surface area contributed by atoms with Gasteiger partial charge in [-0.3, -0.25) is 9.48 Å². The Hall–Kier alpha value is -1.83. The van der Waals surface area contributed by atoms with E-state index < -0.39 is 29.4 Å². The SMILES string of the molecule is CC1(c2cc(Br)ccc2F)Cn2nc(C(F)F)cc2C(=O)N1. The summed E-state index contributed by atoms with van der Waals surface area (Å²) in [6, 6.07) is 5.43. The zero-order valence-electron chi connectivity index (χ0n) is 11.4. The van der Waals surface area contributed by atoms with Gasteiger partial charge in [0.05, 0.1) is 12.1 Å². The number of alkyl halides is 2. The molecule has 3 rings (SSSR count). The maximum Gasteiger partial charge on any atom is 0.282 e. The van der Waals surface area contributed by atoms with Gasteiger partial charge in [0.25, 0.3) is 12.3 Å². The minimum Gasteiger partial charge on any atom is -0.339 e. The van der Waals surface area contributed by atoms with Crippen LogP contribution in [0.3, 0.4) is 0 Å². The lowest BCUT2D eigenvalue weighted by Gasteiger charge is -2.35. The van der Waals surface area contributed by atoms with Crippen LogP contribution in [0.1, 0.15) is 35.1 Å². The summed E-state index contributed by atoms with van der Waals surface area (Å²) < 4.78 is 41.4. The van der Waals surface area contributed by atoms with E-state index >= 15 is 0 Å². The van der Waals surface area contributed by atoms with Gasteiger partial charge >= 0.3 is 0 Å². The van der Waals surface area contributed by atoms with E-state index in [1.165, 1.54) is 10.7 Å². The second-order valence-electron chi connectivity index (χ2n) is 5.32. The average Bonchev–Trinajstić information content (AvgIpc) is 2.85. The predicted octanol–water partition coefficient (Wildman–Crippen LogP) is 3.38. The third-order valence-corrected chi connectivity index (χ3v) is 4.13. The number of hydrogen-bond acceptors (Lipinski definition) is 2. The van der Waals surface area contributed by atoms with Crippen LogP contribution < -0.4 is 5.32 Å². The number of hydrogen-bond donors (Lipinski definition) is 1. The fraction of sp³-hybridized carbons (Fsp3) is 0.286. The van der Waals surface area contributed by atoms with Gasteiger partial charge in [-0.1, -0.05) is 15.9 Å². The summed E-state index contributed by atoms with van der Waals surface area (Å²) in [6.45, 7) is 1.69. The quantitative estimate of drug-likeness (QED) is 0.876. The second-order valence-corrected chi connectivity index (χ2v) is 6.24. The van der Waals surface area contributed by atoms with Crippen LogP contribution in [-0.4, -0.2) is 15.7 Å². The Balaban J connectivity index is 2.07. The van der Waals surface area contributed by atoms with Crippen molar-refractivity contribution in [3.63, 3.8) is 0 Å². The van der Waals surface area contributed by atoms with Gasteiger partial charge in [-0.05, 0) is 31.2 Å². The number of aromatic nitrogens is 2. The minimum absolute atomic E-state index is 0.0446. The molecule has 1 unspecified atom stereocenters. The fourth-order valence-corrected chi connectivity index (χ4v) is 2.93. The van der Waals surface area contributed by atoms with Gasteiger partial charge in [0.1, 0.15) is 17.2 Å². The Bertz CT molecular complexity index is 762. The first-order valence-electron chi connectivity index (χ1n) is 6.44. The van der Waals surface area contributed by atoms with Crippen molar-refractivity contribution in [1.82, 2.24) is 15.1 Å². The van der Waals surface area contributed by atoms with Crippen molar-refractivity contribution in [3.05, 3.63) is 51.5 Å². The highest BCUT2D eigenvalue weighted by atomic mass is 79.9. The van der Waals surface area contributed by atoms with Gasteiger partial charge in [0.2, 0.25) is 0 Å². The van der Waals surface area contributed by atoms with Gasteiger partial charge in [-0.15, -0.1) is 0 Å². The normalized spacial score (nSPS) is 20.9. The maximum atomic E-state index is 14.1. The third-order valence-electron chi connectivity index (χ3n) is 3.63. The van der Waals surface area contributed by atoms with Crippen molar-refractivity contribution in [3.8, 4) is 0 Å². The monoisotopic (exact) mass is 373 g/mol. The molecule has 2 heterocycles. The van der Waals surface area contributed by atoms with Crippen molar-refractivity contribution in [2.75, 3.05) is 0 Å². The van der Waals surface area contributed by atoms with Crippen molar-refractivity contribution >= 4 is 21.8 Å². The first kappa shape index (κ1) is 15.1. The summed E-state index contributed by atoms with van der Waals surface area (Å²) in [5.74, 6) is -1.05. The molecule has 116 valence electrons. The van der Waals surface area contributed by atoms with Gasteiger partial charge in [0, 0.05) is 10.0 Å². The molecule has 1 N–H and O–H groups in total. The molecule has 8 heteroatoms. The van der Waals surface area contributed by atoms with E-state index in [0.717, 1.165) is 6.07 Å². The third kappa shape index (κ3) is 2.41. The van der Waals surface area contributed by atoms with Crippen LogP contribution in [0.2, 0.25) is 0 Å². The van der Waals surface area contributed by atoms with Crippen LogP contribution in [0.15, 0.2) is 28.7 Å². The Morgan fingerprint density at radius 3 is 2.82 bits per heavy atom. The van der Waals surface area contributed by atoms with Gasteiger partial charge in [-0.2, -0.15) is 5.10 Å². The summed E-state index contributed by atoms with van der Waals surface area (Å²) in [4.78, 5) is 12.2. The van der Waals surface area contributed by atoms with Crippen molar-refractivity contribution in [1.29, 1.82) is 0 Å². The molecular formula is C14H11BrF3N3O. The summed E-state index contributed by atoms with van der Waals surface area (Å²) in [6.07, 6.45) is -2.76. The number of rotatable bonds is 2. The van der Waals surface area contributed by atoms with Crippen molar-refractivity contribution in [2.45, 2.75) is 25.4 Å². The van der Waals surface area contributed by atoms with Crippen LogP contribution >= 0.6 is 15.9 Å². The van der Waals surface area contributed by atoms with Crippen LogP contribution in [0.25, 0.3) is 0 Å². The highest BCUT2D eigenvalue weighted by Gasteiger charge is 2.39. The molecule has 1 aromatic carbocycles. The number of benzene rings is 1. The first-order valence-corrected chi connectivity index (χ1v) is 7.23. The molecule has 0 fully saturated rings. The molecular weight excluding hydrogens is 363 g/mol. The molecule has 4 nitrogen and oxygen atoms in total. The molecule has 0 aliphatic carbocycles. The molecule has 0 saturated heterocycles.